The first-order valence-corrected chi connectivity index (χ1v) is 6.46. The van der Waals surface area contributed by atoms with Crippen molar-refractivity contribution in [3.8, 4) is 17.0 Å². The lowest BCUT2D eigenvalue weighted by molar-refractivity contribution is 0.415. The van der Waals surface area contributed by atoms with Crippen molar-refractivity contribution in [2.75, 3.05) is 25.1 Å². The number of anilines is 1. The summed E-state index contributed by atoms with van der Waals surface area (Å²) in [6.07, 6.45) is 1.03. The van der Waals surface area contributed by atoms with Gasteiger partial charge < -0.3 is 15.4 Å². The zero-order valence-corrected chi connectivity index (χ0v) is 11.0. The molecule has 3 N–H and O–H groups in total. The number of benzene rings is 1. The molecule has 0 aliphatic carbocycles. The molecular formula is C14H18N4O. The van der Waals surface area contributed by atoms with E-state index in [-0.39, 0.29) is 6.04 Å². The van der Waals surface area contributed by atoms with E-state index in [0.29, 0.717) is 0 Å². The minimum Gasteiger partial charge on any atom is -0.497 e. The van der Waals surface area contributed by atoms with Crippen molar-refractivity contribution in [1.82, 2.24) is 10.2 Å². The number of methoxy groups -OCH3 is 1. The third-order valence-electron chi connectivity index (χ3n) is 3.49. The Morgan fingerprint density at radius 3 is 3.05 bits per heavy atom. The molecule has 1 aromatic heterocycles. The van der Waals surface area contributed by atoms with Crippen LogP contribution in [0.3, 0.4) is 0 Å². The van der Waals surface area contributed by atoms with Crippen LogP contribution in [0.25, 0.3) is 11.3 Å². The van der Waals surface area contributed by atoms with E-state index in [2.05, 4.69) is 21.2 Å². The Bertz CT molecular complexity index is 566. The molecule has 1 atom stereocenters. The molecule has 2 heterocycles. The Balaban J connectivity index is 1.84. The quantitative estimate of drug-likeness (QED) is 0.878. The highest BCUT2D eigenvalue weighted by Crippen LogP contribution is 2.26. The molecule has 1 saturated heterocycles. The molecule has 5 heteroatoms. The van der Waals surface area contributed by atoms with Gasteiger partial charge in [0.15, 0.2) is 5.82 Å². The Morgan fingerprint density at radius 1 is 1.42 bits per heavy atom. The first kappa shape index (κ1) is 12.0. The van der Waals surface area contributed by atoms with Gasteiger partial charge in [-0.2, -0.15) is 5.10 Å². The number of nitrogens with zero attached hydrogens (tertiary/aromatic N) is 2. The number of hydrogen-bond acceptors (Lipinski definition) is 4. The van der Waals surface area contributed by atoms with Crippen LogP contribution in [0.4, 0.5) is 5.82 Å². The van der Waals surface area contributed by atoms with Crippen LogP contribution in [-0.4, -0.2) is 36.4 Å². The highest BCUT2D eigenvalue weighted by atomic mass is 16.5. The SMILES string of the molecule is COc1cccc(-c2cc(N3CCC(N)C3)n[nH]2)c1. The average Bonchev–Trinajstić information content (AvgIpc) is 3.07. The fourth-order valence-corrected chi connectivity index (χ4v) is 2.41. The Labute approximate surface area is 112 Å². The zero-order chi connectivity index (χ0) is 13.2. The smallest absolute Gasteiger partial charge is 0.151 e. The second-order valence-electron chi connectivity index (χ2n) is 4.87. The van der Waals surface area contributed by atoms with Crippen molar-refractivity contribution in [3.05, 3.63) is 30.3 Å². The van der Waals surface area contributed by atoms with Gasteiger partial charge in [0.25, 0.3) is 0 Å². The van der Waals surface area contributed by atoms with Crippen LogP contribution in [-0.2, 0) is 0 Å². The highest BCUT2D eigenvalue weighted by molar-refractivity contribution is 5.64. The fraction of sp³-hybridized carbons (Fsp3) is 0.357. The van der Waals surface area contributed by atoms with Crippen molar-refractivity contribution in [3.63, 3.8) is 0 Å². The minimum atomic E-state index is 0.261. The Kier molecular flexibility index (Phi) is 3.13. The van der Waals surface area contributed by atoms with E-state index < -0.39 is 0 Å². The summed E-state index contributed by atoms with van der Waals surface area (Å²) in [5, 5.41) is 7.45. The summed E-state index contributed by atoms with van der Waals surface area (Å²) in [4.78, 5) is 2.21. The number of aromatic nitrogens is 2. The van der Waals surface area contributed by atoms with Crippen LogP contribution < -0.4 is 15.4 Å². The summed E-state index contributed by atoms with van der Waals surface area (Å²) in [6, 6.07) is 10.3. The van der Waals surface area contributed by atoms with Gasteiger partial charge in [-0.25, -0.2) is 0 Å². The predicted octanol–water partition coefficient (Wildman–Crippen LogP) is 1.62. The molecule has 2 aromatic rings. The molecule has 100 valence electrons. The molecule has 0 saturated carbocycles. The second kappa shape index (κ2) is 4.93. The van der Waals surface area contributed by atoms with Crippen LogP contribution in [0.1, 0.15) is 6.42 Å². The number of nitrogens with two attached hydrogens (primary N) is 1. The molecule has 0 radical (unpaired) electrons. The minimum absolute atomic E-state index is 0.261. The second-order valence-corrected chi connectivity index (χ2v) is 4.87. The number of H-pyrrole nitrogens is 1. The summed E-state index contributed by atoms with van der Waals surface area (Å²) in [6.45, 7) is 1.85. The Hall–Kier alpha value is -2.01. The third-order valence-corrected chi connectivity index (χ3v) is 3.49. The monoisotopic (exact) mass is 258 g/mol. The molecule has 0 spiro atoms. The van der Waals surface area contributed by atoms with E-state index in [9.17, 15) is 0 Å². The molecule has 1 aliphatic heterocycles. The summed E-state index contributed by atoms with van der Waals surface area (Å²) in [5.41, 5.74) is 7.99. The first-order chi connectivity index (χ1) is 9.26. The maximum atomic E-state index is 5.92. The third kappa shape index (κ3) is 2.42. The molecule has 0 amide bonds. The van der Waals surface area contributed by atoms with Crippen molar-refractivity contribution in [2.45, 2.75) is 12.5 Å². The first-order valence-electron chi connectivity index (χ1n) is 6.46. The topological polar surface area (TPSA) is 67.2 Å². The highest BCUT2D eigenvalue weighted by Gasteiger charge is 2.21. The van der Waals surface area contributed by atoms with Crippen molar-refractivity contribution >= 4 is 5.82 Å². The number of rotatable bonds is 3. The van der Waals surface area contributed by atoms with Gasteiger partial charge in [0.2, 0.25) is 0 Å². The zero-order valence-electron chi connectivity index (χ0n) is 11.0. The van der Waals surface area contributed by atoms with Crippen molar-refractivity contribution in [2.24, 2.45) is 5.73 Å². The lowest BCUT2D eigenvalue weighted by atomic mass is 10.1. The Morgan fingerprint density at radius 2 is 2.32 bits per heavy atom. The van der Waals surface area contributed by atoms with Crippen LogP contribution in [0, 0.1) is 0 Å². The van der Waals surface area contributed by atoms with E-state index in [0.717, 1.165) is 42.3 Å². The molecule has 1 aromatic carbocycles. The van der Waals surface area contributed by atoms with Gasteiger partial charge in [0.1, 0.15) is 5.75 Å². The fourth-order valence-electron chi connectivity index (χ4n) is 2.41. The summed E-state index contributed by atoms with van der Waals surface area (Å²) in [5.74, 6) is 1.81. The lowest BCUT2D eigenvalue weighted by Gasteiger charge is -2.13. The standard InChI is InChI=1S/C14H18N4O/c1-19-12-4-2-3-10(7-12)13-8-14(17-16-13)18-6-5-11(15)9-18/h2-4,7-8,11H,5-6,9,15H2,1H3,(H,16,17). The van der Waals surface area contributed by atoms with Gasteiger partial charge >= 0.3 is 0 Å². The van der Waals surface area contributed by atoms with Crippen LogP contribution in [0.2, 0.25) is 0 Å². The van der Waals surface area contributed by atoms with E-state index in [1.165, 1.54) is 0 Å². The average molecular weight is 258 g/mol. The number of ether oxygens (including phenoxy) is 1. The summed E-state index contributed by atoms with van der Waals surface area (Å²) in [7, 11) is 1.67. The van der Waals surface area contributed by atoms with Gasteiger partial charge in [0, 0.05) is 30.8 Å². The molecule has 3 rings (SSSR count). The number of aromatic amines is 1. The van der Waals surface area contributed by atoms with Crippen molar-refractivity contribution in [1.29, 1.82) is 0 Å². The maximum Gasteiger partial charge on any atom is 0.151 e. The van der Waals surface area contributed by atoms with Gasteiger partial charge in [0.05, 0.1) is 12.8 Å². The molecule has 1 fully saturated rings. The van der Waals surface area contributed by atoms with Crippen LogP contribution in [0.5, 0.6) is 5.75 Å². The molecular weight excluding hydrogens is 240 g/mol. The van der Waals surface area contributed by atoms with Crippen LogP contribution >= 0.6 is 0 Å². The lowest BCUT2D eigenvalue weighted by Crippen LogP contribution is -2.26. The number of hydrogen-bond donors (Lipinski definition) is 2. The van der Waals surface area contributed by atoms with E-state index in [1.807, 2.05) is 24.3 Å². The predicted molar refractivity (Wildman–Crippen MR) is 75.4 cm³/mol. The molecule has 1 aliphatic rings. The summed E-state index contributed by atoms with van der Waals surface area (Å²) < 4.78 is 5.24. The molecule has 0 bridgehead atoms. The summed E-state index contributed by atoms with van der Waals surface area (Å²) >= 11 is 0. The van der Waals surface area contributed by atoms with Gasteiger partial charge in [-0.15, -0.1) is 0 Å². The van der Waals surface area contributed by atoms with Crippen LogP contribution in [0.15, 0.2) is 30.3 Å². The van der Waals surface area contributed by atoms with Gasteiger partial charge in [-0.1, -0.05) is 12.1 Å². The van der Waals surface area contributed by atoms with E-state index in [1.54, 1.807) is 7.11 Å². The van der Waals surface area contributed by atoms with Gasteiger partial charge in [-0.05, 0) is 18.6 Å². The van der Waals surface area contributed by atoms with Gasteiger partial charge in [-0.3, -0.25) is 5.10 Å². The maximum absolute atomic E-state index is 5.92. The molecule has 19 heavy (non-hydrogen) atoms. The molecule has 1 unspecified atom stereocenters. The molecule has 5 nitrogen and oxygen atoms in total. The normalized spacial score (nSPS) is 18.8. The number of nitrogens with one attached hydrogen (secondary N) is 1. The largest absolute Gasteiger partial charge is 0.497 e. The van der Waals surface area contributed by atoms with Crippen molar-refractivity contribution < 1.29 is 4.74 Å². The van der Waals surface area contributed by atoms with E-state index in [4.69, 9.17) is 10.5 Å². The van der Waals surface area contributed by atoms with E-state index >= 15 is 0 Å².